The van der Waals surface area contributed by atoms with Crippen LogP contribution in [-0.4, -0.2) is 43.4 Å². The van der Waals surface area contributed by atoms with Crippen molar-refractivity contribution in [2.75, 3.05) is 27.5 Å². The number of benzene rings is 1. The summed E-state index contributed by atoms with van der Waals surface area (Å²) in [4.78, 5) is 13.2. The lowest BCUT2D eigenvalue weighted by molar-refractivity contribution is -0.129. The van der Waals surface area contributed by atoms with Gasteiger partial charge in [-0.1, -0.05) is 12.1 Å². The summed E-state index contributed by atoms with van der Waals surface area (Å²) in [6.45, 7) is 0.0888. The number of aliphatic hydroxyl groups excluding tert-OH is 1. The van der Waals surface area contributed by atoms with E-state index in [1.54, 1.807) is 14.1 Å². The molecule has 0 spiro atoms. The van der Waals surface area contributed by atoms with Gasteiger partial charge in [0, 0.05) is 32.0 Å². The van der Waals surface area contributed by atoms with Crippen LogP contribution in [0.15, 0.2) is 18.2 Å². The van der Waals surface area contributed by atoms with Gasteiger partial charge in [0.15, 0.2) is 11.5 Å². The minimum Gasteiger partial charge on any atom is -0.454 e. The highest BCUT2D eigenvalue weighted by Crippen LogP contribution is 2.39. The minimum atomic E-state index is -0.267. The molecule has 1 aliphatic heterocycles. The summed E-state index contributed by atoms with van der Waals surface area (Å²) in [5.41, 5.74) is 0.822. The van der Waals surface area contributed by atoms with Crippen molar-refractivity contribution in [2.24, 2.45) is 0 Å². The van der Waals surface area contributed by atoms with Gasteiger partial charge < -0.3 is 19.5 Å². The van der Waals surface area contributed by atoms with E-state index < -0.39 is 0 Å². The van der Waals surface area contributed by atoms with Gasteiger partial charge in [0.25, 0.3) is 0 Å². The average molecular weight is 251 g/mol. The molecule has 0 bridgehead atoms. The van der Waals surface area contributed by atoms with Crippen molar-refractivity contribution in [1.29, 1.82) is 0 Å². The van der Waals surface area contributed by atoms with Crippen LogP contribution in [0.2, 0.25) is 0 Å². The largest absolute Gasteiger partial charge is 0.454 e. The number of fused-ring (bicyclic) bond motifs is 1. The zero-order chi connectivity index (χ0) is 13.1. The molecule has 1 amide bonds. The third-order valence-electron chi connectivity index (χ3n) is 3.01. The fourth-order valence-corrected chi connectivity index (χ4v) is 1.94. The van der Waals surface area contributed by atoms with E-state index in [9.17, 15) is 9.90 Å². The van der Waals surface area contributed by atoms with Crippen molar-refractivity contribution in [2.45, 2.75) is 12.3 Å². The Morgan fingerprint density at radius 1 is 1.44 bits per heavy atom. The quantitative estimate of drug-likeness (QED) is 0.866. The van der Waals surface area contributed by atoms with Gasteiger partial charge in [0.05, 0.1) is 6.61 Å². The second kappa shape index (κ2) is 5.27. The maximum absolute atomic E-state index is 11.7. The van der Waals surface area contributed by atoms with Gasteiger partial charge in [-0.05, 0) is 6.07 Å². The van der Waals surface area contributed by atoms with E-state index in [0.717, 1.165) is 5.56 Å². The maximum atomic E-state index is 11.7. The van der Waals surface area contributed by atoms with E-state index in [1.807, 2.05) is 18.2 Å². The highest BCUT2D eigenvalue weighted by atomic mass is 16.7. The third-order valence-corrected chi connectivity index (χ3v) is 3.01. The van der Waals surface area contributed by atoms with E-state index in [2.05, 4.69) is 0 Å². The Bertz CT molecular complexity index is 445. The molecule has 1 aromatic rings. The highest BCUT2D eigenvalue weighted by molar-refractivity contribution is 5.76. The lowest BCUT2D eigenvalue weighted by atomic mass is 9.95. The van der Waals surface area contributed by atoms with Gasteiger partial charge >= 0.3 is 0 Å². The lowest BCUT2D eigenvalue weighted by Crippen LogP contribution is -2.24. The monoisotopic (exact) mass is 251 g/mol. The Balaban J connectivity index is 2.23. The highest BCUT2D eigenvalue weighted by Gasteiger charge is 2.25. The molecule has 1 atom stereocenters. The van der Waals surface area contributed by atoms with Gasteiger partial charge in [-0.2, -0.15) is 0 Å². The first kappa shape index (κ1) is 12.7. The summed E-state index contributed by atoms with van der Waals surface area (Å²) >= 11 is 0. The molecule has 98 valence electrons. The molecule has 18 heavy (non-hydrogen) atoms. The zero-order valence-electron chi connectivity index (χ0n) is 10.5. The SMILES string of the molecule is CN(C)C(=O)C[C@@H](CO)c1cccc2c1OCO2. The Morgan fingerprint density at radius 2 is 2.22 bits per heavy atom. The molecule has 0 unspecified atom stereocenters. The Hall–Kier alpha value is -1.75. The molecular weight excluding hydrogens is 234 g/mol. The normalized spacial score (nSPS) is 14.4. The topological polar surface area (TPSA) is 59.0 Å². The van der Waals surface area contributed by atoms with E-state index in [0.29, 0.717) is 11.5 Å². The second-order valence-electron chi connectivity index (χ2n) is 4.45. The number of ether oxygens (including phenoxy) is 2. The van der Waals surface area contributed by atoms with Crippen molar-refractivity contribution >= 4 is 5.91 Å². The van der Waals surface area contributed by atoms with Crippen molar-refractivity contribution in [3.05, 3.63) is 23.8 Å². The predicted octanol–water partition coefficient (Wildman–Crippen LogP) is 0.969. The predicted molar refractivity (Wildman–Crippen MR) is 65.7 cm³/mol. The summed E-state index contributed by atoms with van der Waals surface area (Å²) in [7, 11) is 3.40. The van der Waals surface area contributed by atoms with Crippen molar-refractivity contribution < 1.29 is 19.4 Å². The minimum absolute atomic E-state index is 0.0226. The fourth-order valence-electron chi connectivity index (χ4n) is 1.94. The molecule has 5 nitrogen and oxygen atoms in total. The van der Waals surface area contributed by atoms with Crippen LogP contribution >= 0.6 is 0 Å². The van der Waals surface area contributed by atoms with Crippen molar-refractivity contribution in [1.82, 2.24) is 4.90 Å². The summed E-state index contributed by atoms with van der Waals surface area (Å²) in [6.07, 6.45) is 0.253. The average Bonchev–Trinajstić information content (AvgIpc) is 2.83. The second-order valence-corrected chi connectivity index (χ2v) is 4.45. The van der Waals surface area contributed by atoms with Crippen LogP contribution in [-0.2, 0) is 4.79 Å². The molecule has 0 radical (unpaired) electrons. The number of nitrogens with zero attached hydrogens (tertiary/aromatic N) is 1. The molecule has 1 aromatic carbocycles. The Morgan fingerprint density at radius 3 is 2.89 bits per heavy atom. The van der Waals surface area contributed by atoms with Crippen LogP contribution in [0.25, 0.3) is 0 Å². The number of rotatable bonds is 4. The van der Waals surface area contributed by atoms with Crippen LogP contribution < -0.4 is 9.47 Å². The number of carbonyl (C=O) groups excluding carboxylic acids is 1. The molecule has 0 aromatic heterocycles. The van der Waals surface area contributed by atoms with Crippen LogP contribution in [0.3, 0.4) is 0 Å². The number of aliphatic hydroxyl groups is 1. The molecule has 1 N–H and O–H groups in total. The molecular formula is C13H17NO4. The zero-order valence-corrected chi connectivity index (χ0v) is 10.5. The summed E-state index contributed by atoms with van der Waals surface area (Å²) in [5, 5.41) is 9.47. The number of hydrogen-bond acceptors (Lipinski definition) is 4. The van der Waals surface area contributed by atoms with Crippen LogP contribution in [0, 0.1) is 0 Å². The molecule has 2 rings (SSSR count). The number of carbonyl (C=O) groups is 1. The first-order valence-corrected chi connectivity index (χ1v) is 5.83. The smallest absolute Gasteiger partial charge is 0.231 e. The molecule has 5 heteroatoms. The summed E-state index contributed by atoms with van der Waals surface area (Å²) in [5.74, 6) is 1.02. The van der Waals surface area contributed by atoms with E-state index in [-0.39, 0.29) is 31.6 Å². The van der Waals surface area contributed by atoms with E-state index >= 15 is 0 Å². The Labute approximate surface area is 106 Å². The van der Waals surface area contributed by atoms with Gasteiger partial charge in [-0.3, -0.25) is 4.79 Å². The first-order valence-electron chi connectivity index (χ1n) is 5.83. The number of para-hydroxylation sites is 1. The van der Waals surface area contributed by atoms with Crippen molar-refractivity contribution in [3.8, 4) is 11.5 Å². The summed E-state index contributed by atoms with van der Waals surface area (Å²) < 4.78 is 10.7. The molecule has 1 heterocycles. The van der Waals surface area contributed by atoms with E-state index in [1.165, 1.54) is 4.90 Å². The van der Waals surface area contributed by atoms with E-state index in [4.69, 9.17) is 9.47 Å². The number of amides is 1. The van der Waals surface area contributed by atoms with Gasteiger partial charge in [0.2, 0.25) is 12.7 Å². The number of hydrogen-bond donors (Lipinski definition) is 1. The van der Waals surface area contributed by atoms with Gasteiger partial charge in [-0.25, -0.2) is 0 Å². The first-order chi connectivity index (χ1) is 8.63. The Kier molecular flexibility index (Phi) is 3.72. The third kappa shape index (κ3) is 2.41. The standard InChI is InChI=1S/C13H17NO4/c1-14(2)12(16)6-9(7-15)10-4-3-5-11-13(10)18-8-17-11/h3-5,9,15H,6-8H2,1-2H3/t9-/m0/s1. The van der Waals surface area contributed by atoms with Gasteiger partial charge in [0.1, 0.15) is 0 Å². The molecule has 0 aliphatic carbocycles. The molecule has 0 saturated heterocycles. The maximum Gasteiger partial charge on any atom is 0.231 e. The van der Waals surface area contributed by atoms with Crippen LogP contribution in [0.5, 0.6) is 11.5 Å². The molecule has 1 aliphatic rings. The van der Waals surface area contributed by atoms with Crippen molar-refractivity contribution in [3.63, 3.8) is 0 Å². The molecule has 0 fully saturated rings. The fraction of sp³-hybridized carbons (Fsp3) is 0.462. The van der Waals surface area contributed by atoms with Gasteiger partial charge in [-0.15, -0.1) is 0 Å². The molecule has 0 saturated carbocycles. The lowest BCUT2D eigenvalue weighted by Gasteiger charge is -2.18. The van der Waals surface area contributed by atoms with Crippen LogP contribution in [0.1, 0.15) is 17.9 Å². The van der Waals surface area contributed by atoms with Crippen LogP contribution in [0.4, 0.5) is 0 Å². The summed E-state index contributed by atoms with van der Waals surface area (Å²) in [6, 6.07) is 5.51.